The number of nitrogens with zero attached hydrogens (tertiary/aromatic N) is 4. The molecule has 2 aromatic heterocycles. The molecule has 0 aliphatic carbocycles. The first-order chi connectivity index (χ1) is 14.6. The normalized spacial score (nSPS) is 11.1. The lowest BCUT2D eigenvalue weighted by atomic mass is 10.3. The van der Waals surface area contributed by atoms with Crippen LogP contribution in [0.4, 0.5) is 0 Å². The highest BCUT2D eigenvalue weighted by Crippen LogP contribution is 2.17. The van der Waals surface area contributed by atoms with Gasteiger partial charge in [0.15, 0.2) is 0 Å². The number of amides is 2. The third-order valence-corrected chi connectivity index (χ3v) is 5.04. The number of fused-ring (bicyclic) bond motifs is 2. The second-order valence-corrected chi connectivity index (χ2v) is 7.01. The van der Waals surface area contributed by atoms with Crippen molar-refractivity contribution in [3.8, 4) is 0 Å². The van der Waals surface area contributed by atoms with Crippen LogP contribution in [0.1, 0.15) is 25.5 Å². The Hall–Kier alpha value is -3.68. The van der Waals surface area contributed by atoms with Crippen molar-refractivity contribution in [2.75, 3.05) is 0 Å². The summed E-state index contributed by atoms with van der Waals surface area (Å²) in [5.41, 5.74) is 8.53. The standard InChI is InChI=1S/C22H24N6O2/c1-3-19-23-15-9-5-7-11-17(15)27(19)13-21(29)25-26-22(30)14-28-18-12-8-6-10-16(18)24-20(28)4-2/h5-12H,3-4,13-14H2,1-2H3,(H,25,29)(H,26,30). The maximum absolute atomic E-state index is 12.5. The lowest BCUT2D eigenvalue weighted by molar-refractivity contribution is -0.129. The van der Waals surface area contributed by atoms with E-state index in [4.69, 9.17) is 0 Å². The molecule has 0 spiro atoms. The Morgan fingerprint density at radius 3 is 1.53 bits per heavy atom. The Labute approximate surface area is 173 Å². The van der Waals surface area contributed by atoms with Crippen molar-refractivity contribution in [1.29, 1.82) is 0 Å². The summed E-state index contributed by atoms with van der Waals surface area (Å²) >= 11 is 0. The number of rotatable bonds is 6. The predicted octanol–water partition coefficient (Wildman–Crippen LogP) is 2.36. The molecule has 0 aliphatic rings. The predicted molar refractivity (Wildman–Crippen MR) is 115 cm³/mol. The van der Waals surface area contributed by atoms with Crippen molar-refractivity contribution in [2.24, 2.45) is 0 Å². The largest absolute Gasteiger partial charge is 0.318 e. The van der Waals surface area contributed by atoms with Crippen LogP contribution in [0, 0.1) is 0 Å². The molecule has 2 heterocycles. The number of aromatic nitrogens is 4. The maximum atomic E-state index is 12.5. The quantitative estimate of drug-likeness (QED) is 0.483. The van der Waals surface area contributed by atoms with Crippen LogP contribution in [0.5, 0.6) is 0 Å². The minimum atomic E-state index is -0.313. The zero-order valence-corrected chi connectivity index (χ0v) is 17.1. The molecule has 154 valence electrons. The minimum Gasteiger partial charge on any atom is -0.318 e. The summed E-state index contributed by atoms with van der Waals surface area (Å²) in [7, 11) is 0. The van der Waals surface area contributed by atoms with Gasteiger partial charge in [-0.05, 0) is 24.3 Å². The first-order valence-electron chi connectivity index (χ1n) is 10.1. The summed E-state index contributed by atoms with van der Waals surface area (Å²) in [6.07, 6.45) is 1.42. The molecule has 0 radical (unpaired) electrons. The molecular weight excluding hydrogens is 380 g/mol. The number of imidazole rings is 2. The highest BCUT2D eigenvalue weighted by molar-refractivity contribution is 5.85. The molecule has 0 aliphatic heterocycles. The van der Waals surface area contributed by atoms with E-state index in [1.165, 1.54) is 0 Å². The highest BCUT2D eigenvalue weighted by Gasteiger charge is 2.15. The van der Waals surface area contributed by atoms with Gasteiger partial charge in [-0.2, -0.15) is 0 Å². The van der Waals surface area contributed by atoms with E-state index in [0.29, 0.717) is 12.8 Å². The molecule has 0 saturated heterocycles. The van der Waals surface area contributed by atoms with Crippen LogP contribution in [0.25, 0.3) is 22.1 Å². The van der Waals surface area contributed by atoms with Gasteiger partial charge in [0, 0.05) is 12.8 Å². The number of carbonyl (C=O) groups excluding carboxylic acids is 2. The number of hydrogen-bond acceptors (Lipinski definition) is 4. The monoisotopic (exact) mass is 404 g/mol. The van der Waals surface area contributed by atoms with Gasteiger partial charge < -0.3 is 9.13 Å². The van der Waals surface area contributed by atoms with Gasteiger partial charge in [0.2, 0.25) is 0 Å². The summed E-state index contributed by atoms with van der Waals surface area (Å²) in [5.74, 6) is 1.03. The fourth-order valence-electron chi connectivity index (χ4n) is 3.65. The Balaban J connectivity index is 1.42. The van der Waals surface area contributed by atoms with Crippen LogP contribution in [0.3, 0.4) is 0 Å². The van der Waals surface area contributed by atoms with E-state index in [2.05, 4.69) is 20.8 Å². The Morgan fingerprint density at radius 1 is 0.733 bits per heavy atom. The molecule has 8 nitrogen and oxygen atoms in total. The summed E-state index contributed by atoms with van der Waals surface area (Å²) in [6.45, 7) is 4.16. The van der Waals surface area contributed by atoms with E-state index in [1.807, 2.05) is 71.5 Å². The fraction of sp³-hybridized carbons (Fsp3) is 0.273. The molecule has 4 rings (SSSR count). The second-order valence-electron chi connectivity index (χ2n) is 7.01. The number of carbonyl (C=O) groups is 2. The van der Waals surface area contributed by atoms with E-state index in [0.717, 1.165) is 33.7 Å². The maximum Gasteiger partial charge on any atom is 0.258 e. The van der Waals surface area contributed by atoms with Gasteiger partial charge in [0.25, 0.3) is 11.8 Å². The zero-order chi connectivity index (χ0) is 21.1. The van der Waals surface area contributed by atoms with E-state index in [-0.39, 0.29) is 24.9 Å². The molecule has 0 saturated carbocycles. The van der Waals surface area contributed by atoms with Crippen LogP contribution in [-0.2, 0) is 35.5 Å². The van der Waals surface area contributed by atoms with Crippen LogP contribution < -0.4 is 10.9 Å². The Bertz CT molecular complexity index is 1130. The summed E-state index contributed by atoms with van der Waals surface area (Å²) in [5, 5.41) is 0. The van der Waals surface area contributed by atoms with Crippen molar-refractivity contribution >= 4 is 33.9 Å². The van der Waals surface area contributed by atoms with Gasteiger partial charge in [-0.1, -0.05) is 38.1 Å². The molecule has 30 heavy (non-hydrogen) atoms. The van der Waals surface area contributed by atoms with E-state index in [1.54, 1.807) is 0 Å². The lowest BCUT2D eigenvalue weighted by Gasteiger charge is -2.12. The van der Waals surface area contributed by atoms with Crippen molar-refractivity contribution < 1.29 is 9.59 Å². The van der Waals surface area contributed by atoms with E-state index >= 15 is 0 Å². The number of para-hydroxylation sites is 4. The van der Waals surface area contributed by atoms with Gasteiger partial charge in [-0.25, -0.2) is 9.97 Å². The van der Waals surface area contributed by atoms with Crippen LogP contribution in [0.15, 0.2) is 48.5 Å². The average Bonchev–Trinajstić information content (AvgIpc) is 3.30. The summed E-state index contributed by atoms with van der Waals surface area (Å²) in [4.78, 5) is 34.1. The van der Waals surface area contributed by atoms with Gasteiger partial charge in [0.1, 0.15) is 24.7 Å². The number of benzene rings is 2. The summed E-state index contributed by atoms with van der Waals surface area (Å²) in [6, 6.07) is 15.4. The molecule has 0 unspecified atom stereocenters. The van der Waals surface area contributed by atoms with Crippen molar-refractivity contribution in [3.05, 3.63) is 60.2 Å². The molecular formula is C22H24N6O2. The lowest BCUT2D eigenvalue weighted by Crippen LogP contribution is -2.44. The molecule has 8 heteroatoms. The fourth-order valence-corrected chi connectivity index (χ4v) is 3.65. The van der Waals surface area contributed by atoms with Crippen molar-refractivity contribution in [1.82, 2.24) is 30.0 Å². The van der Waals surface area contributed by atoms with Crippen molar-refractivity contribution in [3.63, 3.8) is 0 Å². The van der Waals surface area contributed by atoms with Gasteiger partial charge in [-0.15, -0.1) is 0 Å². The Kier molecular flexibility index (Phi) is 5.47. The smallest absolute Gasteiger partial charge is 0.258 e. The number of aryl methyl sites for hydroxylation is 2. The molecule has 2 amide bonds. The minimum absolute atomic E-state index is 0.0815. The molecule has 0 atom stereocenters. The third kappa shape index (κ3) is 3.76. The number of nitrogens with one attached hydrogen (secondary N) is 2. The van der Waals surface area contributed by atoms with Crippen molar-refractivity contribution in [2.45, 2.75) is 39.8 Å². The Morgan fingerprint density at radius 2 is 1.13 bits per heavy atom. The SMILES string of the molecule is CCc1nc2ccccc2n1CC(=O)NNC(=O)Cn1c(CC)nc2ccccc21. The van der Waals surface area contributed by atoms with Crippen LogP contribution >= 0.6 is 0 Å². The molecule has 4 aromatic rings. The first-order valence-corrected chi connectivity index (χ1v) is 10.1. The number of hydrazine groups is 1. The second kappa shape index (κ2) is 8.36. The average molecular weight is 404 g/mol. The van der Waals surface area contributed by atoms with E-state index in [9.17, 15) is 9.59 Å². The van der Waals surface area contributed by atoms with Gasteiger partial charge in [-0.3, -0.25) is 20.4 Å². The third-order valence-electron chi connectivity index (χ3n) is 5.04. The molecule has 2 aromatic carbocycles. The van der Waals surface area contributed by atoms with Gasteiger partial charge in [0.05, 0.1) is 22.1 Å². The highest BCUT2D eigenvalue weighted by atomic mass is 16.2. The van der Waals surface area contributed by atoms with E-state index < -0.39 is 0 Å². The van der Waals surface area contributed by atoms with Crippen LogP contribution in [-0.4, -0.2) is 30.9 Å². The molecule has 0 fully saturated rings. The number of hydrogen-bond donors (Lipinski definition) is 2. The van der Waals surface area contributed by atoms with Crippen LogP contribution in [0.2, 0.25) is 0 Å². The molecule has 0 bridgehead atoms. The topological polar surface area (TPSA) is 93.8 Å². The van der Waals surface area contributed by atoms with Gasteiger partial charge >= 0.3 is 0 Å². The summed E-state index contributed by atoms with van der Waals surface area (Å²) < 4.78 is 3.74. The molecule has 2 N–H and O–H groups in total. The zero-order valence-electron chi connectivity index (χ0n) is 17.1. The first kappa shape index (κ1) is 19.6.